The molecular formula is C25H46N2O6. The molecule has 2 aliphatic heterocycles. The average Bonchev–Trinajstić information content (AvgIpc) is 2.83. The van der Waals surface area contributed by atoms with E-state index >= 15 is 0 Å². The lowest BCUT2D eigenvalue weighted by atomic mass is 10.1. The third kappa shape index (κ3) is 13.3. The van der Waals surface area contributed by atoms with Crippen molar-refractivity contribution in [1.29, 1.82) is 0 Å². The first-order valence-corrected chi connectivity index (χ1v) is 13.0. The van der Waals surface area contributed by atoms with Crippen molar-refractivity contribution in [3.63, 3.8) is 0 Å². The minimum absolute atomic E-state index is 0.142. The second-order valence-electron chi connectivity index (χ2n) is 9.58. The molecule has 2 saturated heterocycles. The van der Waals surface area contributed by atoms with E-state index in [4.69, 9.17) is 18.9 Å². The van der Waals surface area contributed by atoms with Gasteiger partial charge in [0.2, 0.25) is 0 Å². The molecule has 2 rings (SSSR count). The highest BCUT2D eigenvalue weighted by molar-refractivity contribution is 5.70. The van der Waals surface area contributed by atoms with Crippen molar-refractivity contribution >= 4 is 11.9 Å². The van der Waals surface area contributed by atoms with E-state index < -0.39 is 0 Å². The summed E-state index contributed by atoms with van der Waals surface area (Å²) >= 11 is 0. The lowest BCUT2D eigenvalue weighted by Crippen LogP contribution is -2.33. The fraction of sp³-hybridized carbons (Fsp3) is 0.920. The van der Waals surface area contributed by atoms with E-state index in [1.165, 1.54) is 38.5 Å². The van der Waals surface area contributed by atoms with Gasteiger partial charge in [-0.3, -0.25) is 9.59 Å². The number of piperidine rings is 2. The molecule has 0 radical (unpaired) electrons. The second kappa shape index (κ2) is 16.4. The molecule has 2 aliphatic rings. The summed E-state index contributed by atoms with van der Waals surface area (Å²) in [7, 11) is 0. The lowest BCUT2D eigenvalue weighted by Gasteiger charge is -2.26. The first-order chi connectivity index (χ1) is 15.9. The summed E-state index contributed by atoms with van der Waals surface area (Å²) in [5.74, 6) is -0.340. The number of ether oxygens (including phenoxy) is 4. The number of carbonyl (C=O) groups excluding carboxylic acids is 2. The van der Waals surface area contributed by atoms with Crippen molar-refractivity contribution in [3.8, 4) is 0 Å². The number of carbonyl (C=O) groups is 2. The highest BCUT2D eigenvalue weighted by atomic mass is 16.6. The Bertz CT molecular complexity index is 549. The molecular weight excluding hydrogens is 424 g/mol. The third-order valence-electron chi connectivity index (χ3n) is 6.20. The quantitative estimate of drug-likeness (QED) is 0.338. The van der Waals surface area contributed by atoms with Crippen LogP contribution in [0.4, 0.5) is 0 Å². The molecule has 0 amide bonds. The molecule has 0 aliphatic carbocycles. The Balaban J connectivity index is 1.46. The van der Waals surface area contributed by atoms with Gasteiger partial charge in [0.15, 0.2) is 0 Å². The fourth-order valence-corrected chi connectivity index (χ4v) is 4.16. The third-order valence-corrected chi connectivity index (χ3v) is 6.20. The molecule has 0 saturated carbocycles. The van der Waals surface area contributed by atoms with E-state index in [-0.39, 0.29) is 36.9 Å². The molecule has 8 nitrogen and oxygen atoms in total. The molecule has 192 valence electrons. The van der Waals surface area contributed by atoms with Gasteiger partial charge in [0.05, 0.1) is 38.3 Å². The molecule has 0 aromatic rings. The van der Waals surface area contributed by atoms with E-state index in [0.29, 0.717) is 26.1 Å². The van der Waals surface area contributed by atoms with Gasteiger partial charge in [-0.05, 0) is 72.6 Å². The summed E-state index contributed by atoms with van der Waals surface area (Å²) < 4.78 is 22.3. The van der Waals surface area contributed by atoms with Gasteiger partial charge in [-0.2, -0.15) is 0 Å². The van der Waals surface area contributed by atoms with Crippen molar-refractivity contribution in [3.05, 3.63) is 0 Å². The zero-order valence-electron chi connectivity index (χ0n) is 21.1. The van der Waals surface area contributed by atoms with Crippen LogP contribution in [0.25, 0.3) is 0 Å². The first kappa shape index (κ1) is 28.0. The summed E-state index contributed by atoms with van der Waals surface area (Å²) in [5.41, 5.74) is 0. The highest BCUT2D eigenvalue weighted by Crippen LogP contribution is 2.10. The van der Waals surface area contributed by atoms with E-state index in [1.807, 2.05) is 20.8 Å². The van der Waals surface area contributed by atoms with Gasteiger partial charge >= 0.3 is 11.9 Å². The van der Waals surface area contributed by atoms with Crippen molar-refractivity contribution < 1.29 is 28.5 Å². The maximum absolute atomic E-state index is 12.0. The van der Waals surface area contributed by atoms with Gasteiger partial charge in [0, 0.05) is 13.1 Å². The Morgan fingerprint density at radius 1 is 0.636 bits per heavy atom. The van der Waals surface area contributed by atoms with Gasteiger partial charge in [-0.25, -0.2) is 0 Å². The number of hydrogen-bond donors (Lipinski definition) is 0. The van der Waals surface area contributed by atoms with Gasteiger partial charge in [0.1, 0.15) is 12.7 Å². The number of likely N-dealkylation sites (tertiary alicyclic amines) is 2. The second-order valence-corrected chi connectivity index (χ2v) is 9.58. The molecule has 8 heteroatoms. The Morgan fingerprint density at radius 2 is 1.09 bits per heavy atom. The van der Waals surface area contributed by atoms with Crippen molar-refractivity contribution in [2.45, 2.75) is 90.4 Å². The minimum Gasteiger partial charge on any atom is -0.463 e. The predicted octanol–water partition coefficient (Wildman–Crippen LogP) is 3.02. The van der Waals surface area contributed by atoms with Gasteiger partial charge in [0.25, 0.3) is 0 Å². The van der Waals surface area contributed by atoms with Crippen LogP contribution in [0.3, 0.4) is 0 Å². The largest absolute Gasteiger partial charge is 0.463 e. The summed E-state index contributed by atoms with van der Waals surface area (Å²) in [6, 6.07) is 0. The SMILES string of the molecule is CC(COC(=O)CCN1CCCCC1)OCC(C)OCC(C)OC(=O)CCN1CCCCC1. The van der Waals surface area contributed by atoms with Crippen LogP contribution in [-0.2, 0) is 28.5 Å². The van der Waals surface area contributed by atoms with Crippen LogP contribution in [0, 0.1) is 0 Å². The average molecular weight is 471 g/mol. The zero-order chi connectivity index (χ0) is 23.9. The van der Waals surface area contributed by atoms with E-state index in [0.717, 1.165) is 39.3 Å². The number of hydrogen-bond acceptors (Lipinski definition) is 8. The van der Waals surface area contributed by atoms with E-state index in [2.05, 4.69) is 9.80 Å². The molecule has 2 heterocycles. The summed E-state index contributed by atoms with van der Waals surface area (Å²) in [5, 5.41) is 0. The molecule has 0 aromatic heterocycles. The van der Waals surface area contributed by atoms with Gasteiger partial charge < -0.3 is 28.7 Å². The van der Waals surface area contributed by atoms with Crippen LogP contribution in [0.15, 0.2) is 0 Å². The summed E-state index contributed by atoms with van der Waals surface area (Å²) in [4.78, 5) is 28.7. The van der Waals surface area contributed by atoms with Crippen LogP contribution in [-0.4, -0.2) is 99.1 Å². The van der Waals surface area contributed by atoms with Crippen LogP contribution < -0.4 is 0 Å². The Labute approximate surface area is 200 Å². The molecule has 0 spiro atoms. The molecule has 3 unspecified atom stereocenters. The summed E-state index contributed by atoms with van der Waals surface area (Å²) in [6.07, 6.45) is 7.70. The lowest BCUT2D eigenvalue weighted by molar-refractivity contribution is -0.155. The Hall–Kier alpha value is -1.22. The molecule has 0 bridgehead atoms. The molecule has 3 atom stereocenters. The molecule has 2 fully saturated rings. The maximum atomic E-state index is 12.0. The Morgan fingerprint density at radius 3 is 1.64 bits per heavy atom. The van der Waals surface area contributed by atoms with Crippen molar-refractivity contribution in [2.24, 2.45) is 0 Å². The standard InChI is InChI=1S/C25H46N2O6/c1-21(31-20-23(3)33-25(29)11-17-27-14-8-5-9-15-27)18-30-22(2)19-32-24(28)10-16-26-12-6-4-7-13-26/h21-23H,4-20H2,1-3H3. The van der Waals surface area contributed by atoms with Gasteiger partial charge in [-0.1, -0.05) is 12.8 Å². The van der Waals surface area contributed by atoms with E-state index in [1.54, 1.807) is 0 Å². The number of esters is 2. The van der Waals surface area contributed by atoms with Crippen molar-refractivity contribution in [1.82, 2.24) is 9.80 Å². The van der Waals surface area contributed by atoms with E-state index in [9.17, 15) is 9.59 Å². The monoisotopic (exact) mass is 470 g/mol. The maximum Gasteiger partial charge on any atom is 0.307 e. The number of rotatable bonds is 15. The van der Waals surface area contributed by atoms with Crippen LogP contribution in [0.2, 0.25) is 0 Å². The van der Waals surface area contributed by atoms with Crippen molar-refractivity contribution in [2.75, 3.05) is 59.1 Å². The first-order valence-electron chi connectivity index (χ1n) is 13.0. The van der Waals surface area contributed by atoms with Crippen LogP contribution in [0.5, 0.6) is 0 Å². The normalized spacial score (nSPS) is 20.7. The summed E-state index contributed by atoms with van der Waals surface area (Å²) in [6.45, 7) is 12.5. The number of nitrogens with zero attached hydrogens (tertiary/aromatic N) is 2. The Kier molecular flexibility index (Phi) is 13.9. The minimum atomic E-state index is -0.292. The fourth-order valence-electron chi connectivity index (χ4n) is 4.16. The molecule has 0 N–H and O–H groups in total. The molecule has 33 heavy (non-hydrogen) atoms. The topological polar surface area (TPSA) is 77.5 Å². The van der Waals surface area contributed by atoms with Crippen LogP contribution in [0.1, 0.15) is 72.1 Å². The molecule has 0 aromatic carbocycles. The zero-order valence-corrected chi connectivity index (χ0v) is 21.1. The van der Waals surface area contributed by atoms with Crippen LogP contribution >= 0.6 is 0 Å². The predicted molar refractivity (Wildman–Crippen MR) is 127 cm³/mol. The highest BCUT2D eigenvalue weighted by Gasteiger charge is 2.17. The van der Waals surface area contributed by atoms with Gasteiger partial charge in [-0.15, -0.1) is 0 Å². The smallest absolute Gasteiger partial charge is 0.307 e.